The minimum absolute atomic E-state index is 0.157. The van der Waals surface area contributed by atoms with Crippen molar-refractivity contribution in [1.82, 2.24) is 0 Å². The van der Waals surface area contributed by atoms with Crippen LogP contribution >= 0.6 is 0 Å². The van der Waals surface area contributed by atoms with Gasteiger partial charge in [0.1, 0.15) is 24.0 Å². The van der Waals surface area contributed by atoms with Crippen LogP contribution in [0.15, 0.2) is 73.3 Å². The van der Waals surface area contributed by atoms with Gasteiger partial charge in [0.25, 0.3) is 0 Å². The van der Waals surface area contributed by atoms with Crippen molar-refractivity contribution >= 4 is 21.4 Å². The summed E-state index contributed by atoms with van der Waals surface area (Å²) >= 11 is 0. The molecule has 1 N–H and O–H groups in total. The van der Waals surface area contributed by atoms with Crippen molar-refractivity contribution in [3.05, 3.63) is 102 Å². The molecule has 3 aromatic carbocycles. The zero-order chi connectivity index (χ0) is 24.0. The molecule has 0 bridgehead atoms. The van der Waals surface area contributed by atoms with E-state index in [1.54, 1.807) is 25.1 Å². The first-order valence-corrected chi connectivity index (χ1v) is 12.1. The smallest absolute Gasteiger partial charge is 0.229 e. The van der Waals surface area contributed by atoms with Crippen LogP contribution in [0.4, 0.5) is 20.2 Å². The number of benzene rings is 3. The SMILES string of the molecule is C=CCOc1ccc(CN(Cc2ccc(F)cc2F)c2cccc(NS(C)(=O)=O)c2C)cc1. The van der Waals surface area contributed by atoms with Gasteiger partial charge in [0, 0.05) is 30.4 Å². The molecule has 3 aromatic rings. The molecule has 8 heteroatoms. The molecule has 174 valence electrons. The third-order valence-electron chi connectivity index (χ3n) is 4.98. The molecule has 0 heterocycles. The van der Waals surface area contributed by atoms with Gasteiger partial charge in [-0.2, -0.15) is 0 Å². The topological polar surface area (TPSA) is 58.6 Å². The zero-order valence-corrected chi connectivity index (χ0v) is 19.3. The van der Waals surface area contributed by atoms with Crippen molar-refractivity contribution in [2.45, 2.75) is 20.0 Å². The summed E-state index contributed by atoms with van der Waals surface area (Å²) in [5, 5.41) is 0. The molecule has 0 aromatic heterocycles. The van der Waals surface area contributed by atoms with E-state index in [0.717, 1.165) is 23.6 Å². The van der Waals surface area contributed by atoms with Crippen LogP contribution < -0.4 is 14.4 Å². The van der Waals surface area contributed by atoms with Gasteiger partial charge in [-0.3, -0.25) is 4.72 Å². The standard InChI is InChI=1S/C25H26F2N2O3S/c1-4-14-32-22-12-8-19(9-13-22)16-29(17-20-10-11-21(26)15-23(20)27)25-7-5-6-24(18(25)2)28-33(3,30)31/h4-13,15,28H,1,14,16-17H2,2-3H3. The molecule has 0 atom stereocenters. The summed E-state index contributed by atoms with van der Waals surface area (Å²) in [6.07, 6.45) is 2.74. The first-order chi connectivity index (χ1) is 15.7. The number of anilines is 2. The highest BCUT2D eigenvalue weighted by Gasteiger charge is 2.17. The Labute approximate surface area is 193 Å². The second-order valence-electron chi connectivity index (χ2n) is 7.66. The predicted octanol–water partition coefficient (Wildman–Crippen LogP) is 5.42. The van der Waals surface area contributed by atoms with Crippen LogP contribution in [-0.2, 0) is 23.1 Å². The molecule has 0 aliphatic carbocycles. The molecule has 0 radical (unpaired) electrons. The van der Waals surface area contributed by atoms with Crippen molar-refractivity contribution in [1.29, 1.82) is 0 Å². The first-order valence-electron chi connectivity index (χ1n) is 10.2. The summed E-state index contributed by atoms with van der Waals surface area (Å²) in [7, 11) is -3.47. The van der Waals surface area contributed by atoms with Crippen LogP contribution in [0.25, 0.3) is 0 Å². The lowest BCUT2D eigenvalue weighted by atomic mass is 10.1. The Morgan fingerprint density at radius 2 is 1.79 bits per heavy atom. The molecular weight excluding hydrogens is 446 g/mol. The number of nitrogens with zero attached hydrogens (tertiary/aromatic N) is 1. The lowest BCUT2D eigenvalue weighted by Crippen LogP contribution is -2.24. The van der Waals surface area contributed by atoms with Crippen molar-refractivity contribution in [2.75, 3.05) is 22.5 Å². The van der Waals surface area contributed by atoms with Gasteiger partial charge in [-0.1, -0.05) is 36.9 Å². The van der Waals surface area contributed by atoms with Gasteiger partial charge < -0.3 is 9.64 Å². The van der Waals surface area contributed by atoms with Crippen LogP contribution in [0.5, 0.6) is 5.75 Å². The van der Waals surface area contributed by atoms with E-state index >= 15 is 0 Å². The molecule has 0 fully saturated rings. The monoisotopic (exact) mass is 472 g/mol. The van der Waals surface area contributed by atoms with E-state index in [0.29, 0.717) is 35.7 Å². The lowest BCUT2D eigenvalue weighted by molar-refractivity contribution is 0.363. The molecule has 3 rings (SSSR count). The van der Waals surface area contributed by atoms with Gasteiger partial charge in [0.2, 0.25) is 10.0 Å². The number of halogens is 2. The summed E-state index contributed by atoms with van der Waals surface area (Å²) in [6.45, 7) is 6.38. The number of sulfonamides is 1. The summed E-state index contributed by atoms with van der Waals surface area (Å²) in [4.78, 5) is 1.92. The normalized spacial score (nSPS) is 11.2. The fourth-order valence-corrected chi connectivity index (χ4v) is 4.05. The van der Waals surface area contributed by atoms with Crippen molar-refractivity contribution in [2.24, 2.45) is 0 Å². The maximum Gasteiger partial charge on any atom is 0.229 e. The zero-order valence-electron chi connectivity index (χ0n) is 18.5. The van der Waals surface area contributed by atoms with Crippen LogP contribution in [0.1, 0.15) is 16.7 Å². The highest BCUT2D eigenvalue weighted by atomic mass is 32.2. The van der Waals surface area contributed by atoms with Crippen molar-refractivity contribution < 1.29 is 21.9 Å². The van der Waals surface area contributed by atoms with E-state index in [4.69, 9.17) is 4.74 Å². The van der Waals surface area contributed by atoms with Crippen LogP contribution in [0.3, 0.4) is 0 Å². The van der Waals surface area contributed by atoms with Gasteiger partial charge in [0.05, 0.1) is 11.9 Å². The van der Waals surface area contributed by atoms with Gasteiger partial charge >= 0.3 is 0 Å². The predicted molar refractivity (Wildman–Crippen MR) is 128 cm³/mol. The van der Waals surface area contributed by atoms with E-state index in [9.17, 15) is 17.2 Å². The van der Waals surface area contributed by atoms with E-state index < -0.39 is 21.7 Å². The maximum atomic E-state index is 14.5. The quantitative estimate of drug-likeness (QED) is 0.401. The molecule has 0 amide bonds. The van der Waals surface area contributed by atoms with E-state index in [2.05, 4.69) is 11.3 Å². The van der Waals surface area contributed by atoms with Crippen molar-refractivity contribution in [3.8, 4) is 5.75 Å². The Kier molecular flexibility index (Phi) is 7.71. The molecule has 0 unspecified atom stereocenters. The molecule has 0 saturated heterocycles. The van der Waals surface area contributed by atoms with Gasteiger partial charge in [-0.15, -0.1) is 0 Å². The highest BCUT2D eigenvalue weighted by Crippen LogP contribution is 2.30. The summed E-state index contributed by atoms with van der Waals surface area (Å²) in [5.74, 6) is -0.588. The van der Waals surface area contributed by atoms with E-state index in [1.165, 1.54) is 12.1 Å². The molecule has 0 spiro atoms. The Hall–Kier alpha value is -3.39. The number of nitrogens with one attached hydrogen (secondary N) is 1. The fourth-order valence-electron chi connectivity index (χ4n) is 3.42. The Bertz CT molecular complexity index is 1230. The van der Waals surface area contributed by atoms with Crippen LogP contribution in [0.2, 0.25) is 0 Å². The summed E-state index contributed by atoms with van der Waals surface area (Å²) in [5.41, 5.74) is 3.11. The fraction of sp³-hybridized carbons (Fsp3) is 0.200. The van der Waals surface area contributed by atoms with Crippen LogP contribution in [-0.4, -0.2) is 21.3 Å². The Morgan fingerprint density at radius 1 is 1.06 bits per heavy atom. The Morgan fingerprint density at radius 3 is 2.42 bits per heavy atom. The average Bonchev–Trinajstić information content (AvgIpc) is 2.75. The van der Waals surface area contributed by atoms with Gasteiger partial charge in [-0.05, 0) is 48.4 Å². The largest absolute Gasteiger partial charge is 0.490 e. The summed E-state index contributed by atoms with van der Waals surface area (Å²) in [6, 6.07) is 16.2. The molecule has 33 heavy (non-hydrogen) atoms. The molecule has 0 saturated carbocycles. The number of rotatable bonds is 10. The molecule has 0 aliphatic heterocycles. The first kappa shape index (κ1) is 24.3. The third-order valence-corrected chi connectivity index (χ3v) is 5.57. The van der Waals surface area contributed by atoms with E-state index in [1.807, 2.05) is 35.2 Å². The maximum absolute atomic E-state index is 14.5. The molecule has 5 nitrogen and oxygen atoms in total. The highest BCUT2D eigenvalue weighted by molar-refractivity contribution is 7.92. The third kappa shape index (κ3) is 6.79. The minimum atomic E-state index is -3.47. The van der Waals surface area contributed by atoms with Gasteiger partial charge in [0.15, 0.2) is 0 Å². The second-order valence-corrected chi connectivity index (χ2v) is 9.41. The Balaban J connectivity index is 1.97. The average molecular weight is 473 g/mol. The lowest BCUT2D eigenvalue weighted by Gasteiger charge is -2.28. The summed E-state index contributed by atoms with van der Waals surface area (Å²) < 4.78 is 59.5. The minimum Gasteiger partial charge on any atom is -0.490 e. The number of hydrogen-bond acceptors (Lipinski definition) is 4. The van der Waals surface area contributed by atoms with Crippen molar-refractivity contribution in [3.63, 3.8) is 0 Å². The molecule has 0 aliphatic rings. The second kappa shape index (κ2) is 10.5. The molecular formula is C25H26F2N2O3S. The van der Waals surface area contributed by atoms with E-state index in [-0.39, 0.29) is 6.54 Å². The van der Waals surface area contributed by atoms with Gasteiger partial charge in [-0.25, -0.2) is 17.2 Å². The number of hydrogen-bond donors (Lipinski definition) is 1. The number of ether oxygens (including phenoxy) is 1. The van der Waals surface area contributed by atoms with Crippen LogP contribution in [0, 0.1) is 18.6 Å².